The number of ketones is 1. The summed E-state index contributed by atoms with van der Waals surface area (Å²) in [6.07, 6.45) is 2.61. The van der Waals surface area contributed by atoms with E-state index < -0.39 is 0 Å². The van der Waals surface area contributed by atoms with Crippen LogP contribution in [0.5, 0.6) is 0 Å². The van der Waals surface area contributed by atoms with E-state index in [1.54, 1.807) is 0 Å². The number of aromatic nitrogens is 1. The molecule has 0 N–H and O–H groups in total. The summed E-state index contributed by atoms with van der Waals surface area (Å²) in [4.78, 5) is 17.1. The van der Waals surface area contributed by atoms with Gasteiger partial charge in [-0.1, -0.05) is 44.2 Å². The van der Waals surface area contributed by atoms with Crippen molar-refractivity contribution >= 4 is 5.78 Å². The van der Waals surface area contributed by atoms with Crippen molar-refractivity contribution in [2.24, 2.45) is 5.41 Å². The van der Waals surface area contributed by atoms with Crippen molar-refractivity contribution in [3.8, 4) is 0 Å². The number of benzene rings is 1. The highest BCUT2D eigenvalue weighted by Gasteiger charge is 2.34. The molecule has 102 valence electrons. The number of hydrogen-bond donors (Lipinski definition) is 0. The first-order valence-corrected chi connectivity index (χ1v) is 7.14. The van der Waals surface area contributed by atoms with Crippen LogP contribution in [-0.2, 0) is 12.8 Å². The second kappa shape index (κ2) is 4.86. The van der Waals surface area contributed by atoms with Crippen LogP contribution in [0.2, 0.25) is 0 Å². The maximum absolute atomic E-state index is 12.4. The molecule has 0 radical (unpaired) electrons. The van der Waals surface area contributed by atoms with Gasteiger partial charge in [0, 0.05) is 23.1 Å². The molecular weight excluding hydrogens is 246 g/mol. The summed E-state index contributed by atoms with van der Waals surface area (Å²) in [6.45, 7) is 4.05. The Balaban J connectivity index is 1.89. The molecule has 20 heavy (non-hydrogen) atoms. The number of carbonyl (C=O) groups is 1. The fourth-order valence-corrected chi connectivity index (χ4v) is 2.76. The van der Waals surface area contributed by atoms with Gasteiger partial charge in [0.05, 0.1) is 5.69 Å². The molecule has 1 heterocycles. The largest absolute Gasteiger partial charge is 0.294 e. The van der Waals surface area contributed by atoms with Crippen LogP contribution >= 0.6 is 0 Å². The van der Waals surface area contributed by atoms with Gasteiger partial charge < -0.3 is 0 Å². The molecule has 1 aliphatic carbocycles. The van der Waals surface area contributed by atoms with E-state index >= 15 is 0 Å². The number of nitrogens with zero attached hydrogens (tertiary/aromatic N) is 1. The topological polar surface area (TPSA) is 30.0 Å². The highest BCUT2D eigenvalue weighted by Crippen LogP contribution is 2.34. The Morgan fingerprint density at radius 1 is 1.10 bits per heavy atom. The van der Waals surface area contributed by atoms with Crippen LogP contribution in [0, 0.1) is 5.41 Å². The van der Waals surface area contributed by atoms with Gasteiger partial charge in [0.1, 0.15) is 0 Å². The van der Waals surface area contributed by atoms with Crippen molar-refractivity contribution in [1.82, 2.24) is 4.98 Å². The zero-order chi connectivity index (χ0) is 14.2. The Labute approximate surface area is 119 Å². The molecule has 3 rings (SSSR count). The summed E-state index contributed by atoms with van der Waals surface area (Å²) < 4.78 is 0. The van der Waals surface area contributed by atoms with Gasteiger partial charge >= 0.3 is 0 Å². The quantitative estimate of drug-likeness (QED) is 0.826. The maximum atomic E-state index is 12.4. The van der Waals surface area contributed by atoms with Gasteiger partial charge in [-0.15, -0.1) is 0 Å². The second-order valence-electron chi connectivity index (χ2n) is 6.17. The number of rotatable bonds is 2. The van der Waals surface area contributed by atoms with Gasteiger partial charge in [-0.25, -0.2) is 0 Å². The number of carbonyl (C=O) groups excluding carboxylic acids is 1. The van der Waals surface area contributed by atoms with Crippen molar-refractivity contribution in [3.63, 3.8) is 0 Å². The number of Topliss-reactive ketones (excluding diaryl/α,β-unsaturated/α-hetero) is 1. The van der Waals surface area contributed by atoms with Crippen molar-refractivity contribution in [2.45, 2.75) is 33.1 Å². The molecule has 0 bridgehead atoms. The molecule has 0 saturated heterocycles. The Hall–Kier alpha value is -1.96. The molecule has 0 fully saturated rings. The average Bonchev–Trinajstić information content (AvgIpc) is 2.45. The summed E-state index contributed by atoms with van der Waals surface area (Å²) in [5, 5.41) is 0. The van der Waals surface area contributed by atoms with E-state index in [1.165, 1.54) is 5.56 Å². The molecule has 2 nitrogen and oxygen atoms in total. The third-order valence-electron chi connectivity index (χ3n) is 4.11. The van der Waals surface area contributed by atoms with E-state index in [1.807, 2.05) is 44.2 Å². The number of pyridine rings is 1. The van der Waals surface area contributed by atoms with E-state index in [0.29, 0.717) is 0 Å². The minimum Gasteiger partial charge on any atom is -0.294 e. The zero-order valence-electron chi connectivity index (χ0n) is 12.0. The van der Waals surface area contributed by atoms with Gasteiger partial charge in [-0.3, -0.25) is 9.78 Å². The van der Waals surface area contributed by atoms with E-state index in [9.17, 15) is 4.79 Å². The minimum atomic E-state index is -0.240. The SMILES string of the molecule is CC1(C)CCc2nc(Cc3ccccc3)ccc2C1=O. The molecule has 0 amide bonds. The molecule has 1 aromatic carbocycles. The normalized spacial score (nSPS) is 16.8. The van der Waals surface area contributed by atoms with Crippen molar-refractivity contribution < 1.29 is 4.79 Å². The van der Waals surface area contributed by atoms with Crippen molar-refractivity contribution in [1.29, 1.82) is 0 Å². The summed E-state index contributed by atoms with van der Waals surface area (Å²) >= 11 is 0. The van der Waals surface area contributed by atoms with Crippen molar-refractivity contribution in [2.75, 3.05) is 0 Å². The average molecular weight is 265 g/mol. The molecule has 0 atom stereocenters. The van der Waals surface area contributed by atoms with E-state index in [4.69, 9.17) is 4.98 Å². The van der Waals surface area contributed by atoms with Crippen LogP contribution < -0.4 is 0 Å². The number of fused-ring (bicyclic) bond motifs is 1. The molecule has 2 aromatic rings. The Kier molecular flexibility index (Phi) is 3.17. The zero-order valence-corrected chi connectivity index (χ0v) is 12.0. The summed E-state index contributed by atoms with van der Waals surface area (Å²) in [5.41, 5.74) is 3.85. The van der Waals surface area contributed by atoms with Crippen molar-refractivity contribution in [3.05, 3.63) is 65.0 Å². The lowest BCUT2D eigenvalue weighted by Crippen LogP contribution is -2.31. The number of aryl methyl sites for hydroxylation is 1. The standard InChI is InChI=1S/C18H19NO/c1-18(2)11-10-16-15(17(18)20)9-8-14(19-16)12-13-6-4-3-5-7-13/h3-9H,10-12H2,1-2H3. The van der Waals surface area contributed by atoms with Gasteiger partial charge in [0.15, 0.2) is 5.78 Å². The minimum absolute atomic E-state index is 0.234. The summed E-state index contributed by atoms with van der Waals surface area (Å²) in [6, 6.07) is 14.3. The Morgan fingerprint density at radius 2 is 1.85 bits per heavy atom. The lowest BCUT2D eigenvalue weighted by Gasteiger charge is -2.29. The fraction of sp³-hybridized carbons (Fsp3) is 0.333. The lowest BCUT2D eigenvalue weighted by molar-refractivity contribution is 0.0809. The summed E-state index contributed by atoms with van der Waals surface area (Å²) in [5.74, 6) is 0.234. The molecule has 0 spiro atoms. The molecule has 0 unspecified atom stereocenters. The van der Waals surface area contributed by atoms with Gasteiger partial charge in [0.25, 0.3) is 0 Å². The van der Waals surface area contributed by atoms with Crippen LogP contribution in [0.1, 0.15) is 47.6 Å². The van der Waals surface area contributed by atoms with E-state index in [2.05, 4.69) is 12.1 Å². The van der Waals surface area contributed by atoms with Crippen LogP contribution in [0.25, 0.3) is 0 Å². The molecule has 1 aromatic heterocycles. The first kappa shape index (κ1) is 13.0. The first-order chi connectivity index (χ1) is 9.56. The highest BCUT2D eigenvalue weighted by atomic mass is 16.1. The third kappa shape index (κ3) is 2.38. The lowest BCUT2D eigenvalue weighted by atomic mass is 9.75. The predicted octanol–water partition coefficient (Wildman–Crippen LogP) is 3.83. The van der Waals surface area contributed by atoms with Crippen LogP contribution in [-0.4, -0.2) is 10.8 Å². The maximum Gasteiger partial charge on any atom is 0.170 e. The first-order valence-electron chi connectivity index (χ1n) is 7.14. The monoisotopic (exact) mass is 265 g/mol. The summed E-state index contributed by atoms with van der Waals surface area (Å²) in [7, 11) is 0. The van der Waals surface area contributed by atoms with E-state index in [-0.39, 0.29) is 11.2 Å². The van der Waals surface area contributed by atoms with Gasteiger partial charge in [-0.05, 0) is 30.5 Å². The van der Waals surface area contributed by atoms with Gasteiger partial charge in [-0.2, -0.15) is 0 Å². The Morgan fingerprint density at radius 3 is 2.60 bits per heavy atom. The molecule has 2 heteroatoms. The predicted molar refractivity (Wildman–Crippen MR) is 79.9 cm³/mol. The second-order valence-corrected chi connectivity index (χ2v) is 6.17. The molecule has 1 aliphatic rings. The fourth-order valence-electron chi connectivity index (χ4n) is 2.76. The third-order valence-corrected chi connectivity index (χ3v) is 4.11. The van der Waals surface area contributed by atoms with E-state index in [0.717, 1.165) is 36.2 Å². The van der Waals surface area contributed by atoms with Crippen LogP contribution in [0.3, 0.4) is 0 Å². The molecule has 0 saturated carbocycles. The van der Waals surface area contributed by atoms with Crippen LogP contribution in [0.15, 0.2) is 42.5 Å². The highest BCUT2D eigenvalue weighted by molar-refractivity contribution is 6.01. The van der Waals surface area contributed by atoms with Crippen LogP contribution in [0.4, 0.5) is 0 Å². The molecular formula is C18H19NO. The Bertz CT molecular complexity index is 644. The smallest absolute Gasteiger partial charge is 0.170 e. The van der Waals surface area contributed by atoms with Gasteiger partial charge in [0.2, 0.25) is 0 Å². The molecule has 0 aliphatic heterocycles. The number of hydrogen-bond acceptors (Lipinski definition) is 2.